The van der Waals surface area contributed by atoms with Crippen molar-refractivity contribution in [3.8, 4) is 0 Å². The standard InChI is InChI=1S/C12H23IO2/c1-4-5-6-7-8-9-10-12(2,13)11(14)15-3/h4-10H2,1-3H3. The van der Waals surface area contributed by atoms with Crippen molar-refractivity contribution >= 4 is 28.6 Å². The van der Waals surface area contributed by atoms with E-state index in [0.29, 0.717) is 0 Å². The molecule has 0 radical (unpaired) electrons. The summed E-state index contributed by atoms with van der Waals surface area (Å²) in [5.74, 6) is -0.100. The highest BCUT2D eigenvalue weighted by Gasteiger charge is 2.29. The van der Waals surface area contributed by atoms with Crippen molar-refractivity contribution in [1.82, 2.24) is 0 Å². The highest BCUT2D eigenvalue weighted by Crippen LogP contribution is 2.27. The van der Waals surface area contributed by atoms with Crippen LogP contribution in [0.5, 0.6) is 0 Å². The Hall–Kier alpha value is 0.200. The number of alkyl halides is 1. The van der Waals surface area contributed by atoms with Crippen LogP contribution in [0.25, 0.3) is 0 Å². The molecule has 0 heterocycles. The van der Waals surface area contributed by atoms with Gasteiger partial charge in [0.2, 0.25) is 0 Å². The molecule has 0 N–H and O–H groups in total. The molecule has 15 heavy (non-hydrogen) atoms. The molecule has 0 aromatic carbocycles. The third-order valence-electron chi connectivity index (χ3n) is 2.61. The molecule has 0 aromatic heterocycles. The van der Waals surface area contributed by atoms with E-state index in [4.69, 9.17) is 4.74 Å². The van der Waals surface area contributed by atoms with Crippen LogP contribution in [-0.4, -0.2) is 16.5 Å². The van der Waals surface area contributed by atoms with Crippen LogP contribution in [-0.2, 0) is 9.53 Å². The number of carbonyl (C=O) groups is 1. The molecule has 0 fully saturated rings. The fourth-order valence-electron chi connectivity index (χ4n) is 1.55. The summed E-state index contributed by atoms with van der Waals surface area (Å²) in [6.45, 7) is 4.17. The molecular weight excluding hydrogens is 303 g/mol. The lowest BCUT2D eigenvalue weighted by atomic mass is 10.0. The van der Waals surface area contributed by atoms with Gasteiger partial charge in [-0.3, -0.25) is 4.79 Å². The van der Waals surface area contributed by atoms with Gasteiger partial charge in [-0.1, -0.05) is 68.0 Å². The summed E-state index contributed by atoms with van der Waals surface area (Å²) < 4.78 is 4.43. The van der Waals surface area contributed by atoms with E-state index < -0.39 is 0 Å². The smallest absolute Gasteiger partial charge is 0.321 e. The SMILES string of the molecule is CCCCCCCCC(C)(I)C(=O)OC. The van der Waals surface area contributed by atoms with Crippen LogP contribution in [0.4, 0.5) is 0 Å². The summed E-state index contributed by atoms with van der Waals surface area (Å²) in [7, 11) is 1.46. The van der Waals surface area contributed by atoms with E-state index in [2.05, 4.69) is 29.5 Å². The number of rotatable bonds is 8. The second-order valence-corrected chi connectivity index (χ2v) is 6.59. The zero-order valence-electron chi connectivity index (χ0n) is 10.1. The molecule has 0 aliphatic heterocycles. The summed E-state index contributed by atoms with van der Waals surface area (Å²) in [5.41, 5.74) is 0. The van der Waals surface area contributed by atoms with Gasteiger partial charge in [0.05, 0.1) is 7.11 Å². The second-order valence-electron chi connectivity index (χ2n) is 4.21. The van der Waals surface area contributed by atoms with Gasteiger partial charge < -0.3 is 4.74 Å². The number of carbonyl (C=O) groups excluding carboxylic acids is 1. The average Bonchev–Trinajstić information content (AvgIpc) is 2.22. The van der Waals surface area contributed by atoms with Gasteiger partial charge in [-0.25, -0.2) is 0 Å². The largest absolute Gasteiger partial charge is 0.468 e. The average molecular weight is 326 g/mol. The molecule has 0 rings (SSSR count). The Balaban J connectivity index is 3.53. The molecule has 0 amide bonds. The van der Waals surface area contributed by atoms with Gasteiger partial charge in [0.15, 0.2) is 0 Å². The van der Waals surface area contributed by atoms with E-state index in [9.17, 15) is 4.79 Å². The van der Waals surface area contributed by atoms with E-state index in [0.717, 1.165) is 12.8 Å². The Morgan fingerprint density at radius 1 is 1.20 bits per heavy atom. The minimum absolute atomic E-state index is 0.100. The molecule has 0 bridgehead atoms. The highest BCUT2D eigenvalue weighted by atomic mass is 127. The minimum atomic E-state index is -0.336. The maximum Gasteiger partial charge on any atom is 0.321 e. The summed E-state index contributed by atoms with van der Waals surface area (Å²) in [4.78, 5) is 11.4. The van der Waals surface area contributed by atoms with Crippen molar-refractivity contribution in [2.45, 2.75) is 62.2 Å². The van der Waals surface area contributed by atoms with Crippen molar-refractivity contribution in [3.63, 3.8) is 0 Å². The number of ether oxygens (including phenoxy) is 1. The normalized spacial score (nSPS) is 14.7. The van der Waals surface area contributed by atoms with Crippen LogP contribution in [0.1, 0.15) is 58.8 Å². The van der Waals surface area contributed by atoms with Crippen molar-refractivity contribution in [3.05, 3.63) is 0 Å². The van der Waals surface area contributed by atoms with Crippen LogP contribution in [0, 0.1) is 0 Å². The van der Waals surface area contributed by atoms with Gasteiger partial charge in [-0.2, -0.15) is 0 Å². The number of methoxy groups -OCH3 is 1. The molecule has 0 aliphatic carbocycles. The van der Waals surface area contributed by atoms with Crippen LogP contribution in [0.3, 0.4) is 0 Å². The molecule has 2 nitrogen and oxygen atoms in total. The first-order valence-electron chi connectivity index (χ1n) is 5.82. The number of esters is 1. The van der Waals surface area contributed by atoms with E-state index >= 15 is 0 Å². The number of halogens is 1. The van der Waals surface area contributed by atoms with Gasteiger partial charge in [0, 0.05) is 0 Å². The lowest BCUT2D eigenvalue weighted by Gasteiger charge is -2.18. The van der Waals surface area contributed by atoms with Crippen molar-refractivity contribution < 1.29 is 9.53 Å². The van der Waals surface area contributed by atoms with E-state index in [-0.39, 0.29) is 9.39 Å². The van der Waals surface area contributed by atoms with Crippen LogP contribution in [0.2, 0.25) is 0 Å². The Labute approximate surface area is 107 Å². The zero-order chi connectivity index (χ0) is 11.7. The predicted octanol–water partition coefficient (Wildman–Crippen LogP) is 4.10. The highest BCUT2D eigenvalue weighted by molar-refractivity contribution is 14.1. The topological polar surface area (TPSA) is 26.3 Å². The van der Waals surface area contributed by atoms with E-state index in [1.807, 2.05) is 6.92 Å². The molecule has 0 saturated carbocycles. The fraction of sp³-hybridized carbons (Fsp3) is 0.917. The Morgan fingerprint density at radius 3 is 2.27 bits per heavy atom. The third-order valence-corrected chi connectivity index (χ3v) is 3.59. The third kappa shape index (κ3) is 7.14. The molecule has 0 spiro atoms. The second kappa shape index (κ2) is 8.36. The van der Waals surface area contributed by atoms with Crippen molar-refractivity contribution in [2.75, 3.05) is 7.11 Å². The summed E-state index contributed by atoms with van der Waals surface area (Å²) >= 11 is 2.20. The first kappa shape index (κ1) is 15.2. The summed E-state index contributed by atoms with van der Waals surface area (Å²) in [5, 5.41) is 0. The van der Waals surface area contributed by atoms with Crippen LogP contribution >= 0.6 is 22.6 Å². The Kier molecular flexibility index (Phi) is 8.47. The Morgan fingerprint density at radius 2 is 1.73 bits per heavy atom. The van der Waals surface area contributed by atoms with Crippen molar-refractivity contribution in [1.29, 1.82) is 0 Å². The van der Waals surface area contributed by atoms with E-state index in [1.54, 1.807) is 0 Å². The fourth-order valence-corrected chi connectivity index (χ4v) is 2.15. The lowest BCUT2D eigenvalue weighted by molar-refractivity contribution is -0.142. The molecular formula is C12H23IO2. The van der Waals surface area contributed by atoms with Crippen LogP contribution in [0.15, 0.2) is 0 Å². The Bertz CT molecular complexity index is 178. The number of hydrogen-bond donors (Lipinski definition) is 0. The molecule has 90 valence electrons. The molecule has 1 atom stereocenters. The van der Waals surface area contributed by atoms with Gasteiger partial charge in [-0.05, 0) is 13.3 Å². The molecule has 0 aromatic rings. The van der Waals surface area contributed by atoms with Crippen LogP contribution < -0.4 is 0 Å². The van der Waals surface area contributed by atoms with Gasteiger partial charge in [-0.15, -0.1) is 0 Å². The lowest BCUT2D eigenvalue weighted by Crippen LogP contribution is -2.29. The van der Waals surface area contributed by atoms with Gasteiger partial charge >= 0.3 is 5.97 Å². The zero-order valence-corrected chi connectivity index (χ0v) is 12.3. The van der Waals surface area contributed by atoms with E-state index in [1.165, 1.54) is 39.2 Å². The van der Waals surface area contributed by atoms with Crippen molar-refractivity contribution in [2.24, 2.45) is 0 Å². The minimum Gasteiger partial charge on any atom is -0.468 e. The molecule has 0 saturated heterocycles. The first-order chi connectivity index (χ1) is 7.04. The maximum absolute atomic E-state index is 11.4. The summed E-state index contributed by atoms with van der Waals surface area (Å²) in [6.07, 6.45) is 8.51. The molecule has 3 heteroatoms. The maximum atomic E-state index is 11.4. The number of unbranched alkanes of at least 4 members (excludes halogenated alkanes) is 5. The first-order valence-corrected chi connectivity index (χ1v) is 6.89. The molecule has 0 aliphatic rings. The van der Waals surface area contributed by atoms with Gasteiger partial charge in [0.25, 0.3) is 0 Å². The quantitative estimate of drug-likeness (QED) is 0.290. The van der Waals surface area contributed by atoms with Gasteiger partial charge in [0.1, 0.15) is 3.42 Å². The molecule has 1 unspecified atom stereocenters. The monoisotopic (exact) mass is 326 g/mol. The summed E-state index contributed by atoms with van der Waals surface area (Å²) in [6, 6.07) is 0. The number of hydrogen-bond acceptors (Lipinski definition) is 2. The predicted molar refractivity (Wildman–Crippen MR) is 72.4 cm³/mol.